The van der Waals surface area contributed by atoms with Crippen molar-refractivity contribution < 1.29 is 9.53 Å². The molecule has 0 N–H and O–H groups in total. The summed E-state index contributed by atoms with van der Waals surface area (Å²) < 4.78 is 5.66. The average Bonchev–Trinajstić information content (AvgIpc) is 2.25. The van der Waals surface area contributed by atoms with Gasteiger partial charge in [0.1, 0.15) is 0 Å². The monoisotopic (exact) mass is 247 g/mol. The van der Waals surface area contributed by atoms with Gasteiger partial charge in [-0.05, 0) is 39.8 Å². The summed E-state index contributed by atoms with van der Waals surface area (Å²) in [7, 11) is 0. The fraction of sp³-hybridized carbons (Fsp3) is 0.533. The van der Waals surface area contributed by atoms with Gasteiger partial charge >= 0.3 is 0 Å². The molecule has 1 fully saturated rings. The van der Waals surface area contributed by atoms with Crippen LogP contribution in [0.2, 0.25) is 0 Å². The highest BCUT2D eigenvalue weighted by Crippen LogP contribution is 2.16. The zero-order valence-electron chi connectivity index (χ0n) is 11.6. The van der Waals surface area contributed by atoms with Gasteiger partial charge in [0.2, 0.25) is 0 Å². The molecule has 18 heavy (non-hydrogen) atoms. The Morgan fingerprint density at radius 2 is 1.61 bits per heavy atom. The van der Waals surface area contributed by atoms with E-state index in [4.69, 9.17) is 4.74 Å². The Kier molecular flexibility index (Phi) is 3.71. The molecular formula is C15H21NO2. The lowest BCUT2D eigenvalue weighted by Gasteiger charge is -2.35. The van der Waals surface area contributed by atoms with Gasteiger partial charge in [-0.15, -0.1) is 0 Å². The molecule has 1 heterocycles. The number of ether oxygens (including phenoxy) is 1. The van der Waals surface area contributed by atoms with Crippen molar-refractivity contribution >= 4 is 5.91 Å². The minimum Gasteiger partial charge on any atom is -0.372 e. The molecule has 2 atom stereocenters. The van der Waals surface area contributed by atoms with Crippen LogP contribution in [0.4, 0.5) is 0 Å². The number of hydrogen-bond donors (Lipinski definition) is 0. The first-order valence-electron chi connectivity index (χ1n) is 6.48. The van der Waals surface area contributed by atoms with E-state index in [1.54, 1.807) is 0 Å². The summed E-state index contributed by atoms with van der Waals surface area (Å²) in [5.74, 6) is 0.115. The van der Waals surface area contributed by atoms with E-state index in [0.29, 0.717) is 13.1 Å². The molecule has 0 unspecified atom stereocenters. The Labute approximate surface area is 109 Å². The largest absolute Gasteiger partial charge is 0.372 e. The highest BCUT2D eigenvalue weighted by molar-refractivity contribution is 5.94. The molecule has 1 saturated heterocycles. The zero-order valence-corrected chi connectivity index (χ0v) is 11.6. The van der Waals surface area contributed by atoms with Crippen molar-refractivity contribution in [1.82, 2.24) is 4.90 Å². The van der Waals surface area contributed by atoms with Crippen LogP contribution in [0.3, 0.4) is 0 Å². The lowest BCUT2D eigenvalue weighted by molar-refractivity contribution is -0.0586. The second kappa shape index (κ2) is 5.11. The molecule has 2 rings (SSSR count). The lowest BCUT2D eigenvalue weighted by atomic mass is 10.1. The van der Waals surface area contributed by atoms with E-state index >= 15 is 0 Å². The van der Waals surface area contributed by atoms with Gasteiger partial charge < -0.3 is 9.64 Å². The van der Waals surface area contributed by atoms with Crippen molar-refractivity contribution in [3.8, 4) is 0 Å². The maximum atomic E-state index is 12.5. The first kappa shape index (κ1) is 13.1. The van der Waals surface area contributed by atoms with Crippen LogP contribution in [-0.4, -0.2) is 36.1 Å². The minimum absolute atomic E-state index is 0.114. The third-order valence-corrected chi connectivity index (χ3v) is 3.18. The van der Waals surface area contributed by atoms with Gasteiger partial charge in [0.25, 0.3) is 5.91 Å². The van der Waals surface area contributed by atoms with E-state index in [2.05, 4.69) is 6.07 Å². The number of carbonyl (C=O) groups excluding carboxylic acids is 1. The molecule has 0 radical (unpaired) electrons. The molecule has 0 bridgehead atoms. The minimum atomic E-state index is 0.114. The Balaban J connectivity index is 2.20. The van der Waals surface area contributed by atoms with E-state index in [1.807, 2.05) is 44.7 Å². The highest BCUT2D eigenvalue weighted by Gasteiger charge is 2.26. The fourth-order valence-electron chi connectivity index (χ4n) is 2.62. The van der Waals surface area contributed by atoms with Crippen molar-refractivity contribution in [2.45, 2.75) is 39.9 Å². The average molecular weight is 247 g/mol. The number of amides is 1. The van der Waals surface area contributed by atoms with Crippen LogP contribution >= 0.6 is 0 Å². The summed E-state index contributed by atoms with van der Waals surface area (Å²) in [5, 5.41) is 0. The second-order valence-corrected chi connectivity index (χ2v) is 5.34. The van der Waals surface area contributed by atoms with E-state index in [9.17, 15) is 4.79 Å². The van der Waals surface area contributed by atoms with Crippen LogP contribution in [-0.2, 0) is 4.74 Å². The predicted octanol–water partition coefficient (Wildman–Crippen LogP) is 2.55. The smallest absolute Gasteiger partial charge is 0.254 e. The van der Waals surface area contributed by atoms with Gasteiger partial charge in [-0.2, -0.15) is 0 Å². The second-order valence-electron chi connectivity index (χ2n) is 5.34. The summed E-state index contributed by atoms with van der Waals surface area (Å²) in [4.78, 5) is 14.4. The molecule has 1 amide bonds. The highest BCUT2D eigenvalue weighted by atomic mass is 16.5. The van der Waals surface area contributed by atoms with Gasteiger partial charge in [-0.3, -0.25) is 4.79 Å². The summed E-state index contributed by atoms with van der Waals surface area (Å²) in [6.07, 6.45) is 0.229. The van der Waals surface area contributed by atoms with Crippen LogP contribution in [0.15, 0.2) is 18.2 Å². The molecule has 3 nitrogen and oxygen atoms in total. The molecule has 1 aromatic carbocycles. The van der Waals surface area contributed by atoms with Crippen molar-refractivity contribution in [2.24, 2.45) is 0 Å². The summed E-state index contributed by atoms with van der Waals surface area (Å²) in [6.45, 7) is 9.42. The molecular weight excluding hydrogens is 226 g/mol. The zero-order chi connectivity index (χ0) is 13.3. The van der Waals surface area contributed by atoms with Crippen molar-refractivity contribution in [3.63, 3.8) is 0 Å². The number of aryl methyl sites for hydroxylation is 2. The maximum absolute atomic E-state index is 12.5. The number of hydrogen-bond acceptors (Lipinski definition) is 2. The van der Waals surface area contributed by atoms with E-state index in [-0.39, 0.29) is 18.1 Å². The third-order valence-electron chi connectivity index (χ3n) is 3.18. The van der Waals surface area contributed by atoms with Crippen LogP contribution in [0.25, 0.3) is 0 Å². The Morgan fingerprint density at radius 1 is 1.11 bits per heavy atom. The molecule has 0 aromatic heterocycles. The maximum Gasteiger partial charge on any atom is 0.254 e. The fourth-order valence-corrected chi connectivity index (χ4v) is 2.62. The standard InChI is InChI=1S/C15H21NO2/c1-10-5-11(2)7-14(6-10)15(17)16-8-12(3)18-13(4)9-16/h5-7,12-13H,8-9H2,1-4H3/t12-,13-/m1/s1. The van der Waals surface area contributed by atoms with Gasteiger partial charge in [-0.25, -0.2) is 0 Å². The summed E-state index contributed by atoms with van der Waals surface area (Å²) >= 11 is 0. The quantitative estimate of drug-likeness (QED) is 0.763. The van der Waals surface area contributed by atoms with Crippen molar-refractivity contribution in [1.29, 1.82) is 0 Å². The Morgan fingerprint density at radius 3 is 2.11 bits per heavy atom. The Bertz CT molecular complexity index is 426. The molecule has 0 saturated carbocycles. The normalized spacial score (nSPS) is 24.1. The molecule has 1 aliphatic heterocycles. The van der Waals surface area contributed by atoms with Gasteiger partial charge in [0.05, 0.1) is 12.2 Å². The van der Waals surface area contributed by atoms with Gasteiger partial charge in [0, 0.05) is 18.7 Å². The SMILES string of the molecule is Cc1cc(C)cc(C(=O)N2C[C@@H](C)O[C@H](C)C2)c1. The third kappa shape index (κ3) is 2.91. The van der Waals surface area contributed by atoms with E-state index in [0.717, 1.165) is 16.7 Å². The first-order chi connectivity index (χ1) is 8.45. The number of nitrogens with zero attached hydrogens (tertiary/aromatic N) is 1. The van der Waals surface area contributed by atoms with Crippen LogP contribution in [0.1, 0.15) is 35.3 Å². The van der Waals surface area contributed by atoms with Crippen molar-refractivity contribution in [3.05, 3.63) is 34.9 Å². The van der Waals surface area contributed by atoms with Crippen molar-refractivity contribution in [2.75, 3.05) is 13.1 Å². The first-order valence-corrected chi connectivity index (χ1v) is 6.48. The van der Waals surface area contributed by atoms with Gasteiger partial charge in [0.15, 0.2) is 0 Å². The number of morpholine rings is 1. The molecule has 0 aliphatic carbocycles. The van der Waals surface area contributed by atoms with E-state index < -0.39 is 0 Å². The Hall–Kier alpha value is -1.35. The lowest BCUT2D eigenvalue weighted by Crippen LogP contribution is -2.48. The molecule has 3 heteroatoms. The van der Waals surface area contributed by atoms with Crippen LogP contribution in [0.5, 0.6) is 0 Å². The van der Waals surface area contributed by atoms with E-state index in [1.165, 1.54) is 0 Å². The predicted molar refractivity (Wildman–Crippen MR) is 71.8 cm³/mol. The number of carbonyl (C=O) groups is 1. The molecule has 98 valence electrons. The summed E-state index contributed by atoms with van der Waals surface area (Å²) in [6, 6.07) is 6.00. The summed E-state index contributed by atoms with van der Waals surface area (Å²) in [5.41, 5.74) is 3.05. The molecule has 1 aromatic rings. The molecule has 0 spiro atoms. The van der Waals surface area contributed by atoms with Crippen LogP contribution < -0.4 is 0 Å². The molecule has 1 aliphatic rings. The number of rotatable bonds is 1. The topological polar surface area (TPSA) is 29.5 Å². The number of benzene rings is 1. The van der Waals surface area contributed by atoms with Gasteiger partial charge in [-0.1, -0.05) is 17.2 Å². The van der Waals surface area contributed by atoms with Crippen LogP contribution in [0, 0.1) is 13.8 Å².